The fourth-order valence-electron chi connectivity index (χ4n) is 1.80. The average Bonchev–Trinajstić information content (AvgIpc) is 2.57. The van der Waals surface area contributed by atoms with Gasteiger partial charge in [0, 0.05) is 22.6 Å². The van der Waals surface area contributed by atoms with Crippen LogP contribution in [0.5, 0.6) is 0 Å². The van der Waals surface area contributed by atoms with Gasteiger partial charge >= 0.3 is 60.1 Å². The number of rotatable bonds is 9. The van der Waals surface area contributed by atoms with Gasteiger partial charge in [-0.3, -0.25) is 4.79 Å². The van der Waals surface area contributed by atoms with Crippen molar-refractivity contribution in [3.63, 3.8) is 0 Å². The minimum absolute atomic E-state index is 0.717. The van der Waals surface area contributed by atoms with E-state index in [1.54, 1.807) is 0 Å². The Morgan fingerprint density at radius 1 is 0.417 bits per heavy atom. The Hall–Kier alpha value is -1.18. The molecule has 0 amide bonds. The van der Waals surface area contributed by atoms with Crippen LogP contribution in [-0.4, -0.2) is 68.8 Å². The van der Waals surface area contributed by atoms with Crippen LogP contribution in [0.15, 0.2) is 0 Å². The Bertz CT molecular complexity index is 788. The van der Waals surface area contributed by atoms with Crippen molar-refractivity contribution in [2.24, 2.45) is 0 Å². The van der Waals surface area contributed by atoms with Gasteiger partial charge in [0.05, 0.1) is 0 Å². The molecule has 0 aliphatic rings. The predicted octanol–water partition coefficient (Wildman–Crippen LogP) is 7.33. The summed E-state index contributed by atoms with van der Waals surface area (Å²) in [6, 6.07) is -27.1. The van der Waals surface area contributed by atoms with E-state index in [0.717, 1.165) is 0 Å². The monoisotopic (exact) mass is 707 g/mol. The summed E-state index contributed by atoms with van der Waals surface area (Å²) in [4.78, 5) is 5.06. The Balaban J connectivity index is 7.88. The molecule has 216 valence electrons. The maximum absolute atomic E-state index is 13.8. The maximum atomic E-state index is 13.8. The van der Waals surface area contributed by atoms with Crippen LogP contribution < -0.4 is 0 Å². The van der Waals surface area contributed by atoms with E-state index in [1.165, 1.54) is 0 Å². The van der Waals surface area contributed by atoms with Gasteiger partial charge in [-0.05, 0) is 0 Å². The van der Waals surface area contributed by atoms with Crippen molar-refractivity contribution >= 4 is 26.4 Å². The molecular weight excluding hydrogens is 707 g/mol. The molecule has 25 heteroatoms. The van der Waals surface area contributed by atoms with Gasteiger partial charge in [0.2, 0.25) is 0 Å². The van der Waals surface area contributed by atoms with Crippen LogP contribution in [0, 0.1) is 0 Å². The normalized spacial score (nSPS) is 16.6. The van der Waals surface area contributed by atoms with Crippen LogP contribution in [0.4, 0.5) is 96.6 Å². The zero-order valence-electron chi connectivity index (χ0n) is 15.0. The summed E-state index contributed by atoms with van der Waals surface area (Å²) in [5.41, 5.74) is 0. The molecule has 36 heavy (non-hydrogen) atoms. The molecule has 0 atom stereocenters. The summed E-state index contributed by atoms with van der Waals surface area (Å²) in [5, 5.41) is 0. The average molecular weight is 707 g/mol. The standard InChI is InChI=1S/C11F22INO/c12-2(13,1(34)36)9(28,29)35(10(30,31)5(18,19)3(14,15)7(22,23)24)11(32,33)6(20,21)4(16,17)8(25,26)27. The highest BCUT2D eigenvalue weighted by molar-refractivity contribution is 14.1. The molecule has 0 fully saturated rings. The number of carbonyl (C=O) groups excluding carboxylic acids is 1. The van der Waals surface area contributed by atoms with E-state index in [0.29, 0.717) is 0 Å². The molecule has 0 aliphatic heterocycles. The SMILES string of the molecule is O=C(I)C(F)(F)C(F)(F)N(C(F)(F)C(F)(F)C(F)(F)C(F)(F)F)C(F)(F)C(F)(F)C(F)(F)C(F)(F)F. The lowest BCUT2D eigenvalue weighted by atomic mass is 10.0. The minimum Gasteiger partial charge on any atom is -0.281 e. The third-order valence-electron chi connectivity index (χ3n) is 3.72. The van der Waals surface area contributed by atoms with Crippen LogP contribution in [0.25, 0.3) is 0 Å². The fourth-order valence-corrected chi connectivity index (χ4v) is 2.13. The molecule has 0 rings (SSSR count). The number of alkyl halides is 22. The summed E-state index contributed by atoms with van der Waals surface area (Å²) >= 11 is -0.717. The van der Waals surface area contributed by atoms with Gasteiger partial charge in [0.15, 0.2) is 0 Å². The quantitative estimate of drug-likeness (QED) is 0.108. The van der Waals surface area contributed by atoms with Gasteiger partial charge in [0.1, 0.15) is 0 Å². The van der Waals surface area contributed by atoms with E-state index in [4.69, 9.17) is 0 Å². The van der Waals surface area contributed by atoms with Gasteiger partial charge in [-0.25, -0.2) is 0 Å². The highest BCUT2D eigenvalue weighted by Gasteiger charge is 2.94. The van der Waals surface area contributed by atoms with Gasteiger partial charge in [-0.2, -0.15) is 96.6 Å². The lowest BCUT2D eigenvalue weighted by molar-refractivity contribution is -0.512. The van der Waals surface area contributed by atoms with Gasteiger partial charge in [0.25, 0.3) is 3.79 Å². The van der Waals surface area contributed by atoms with Crippen LogP contribution in [0.3, 0.4) is 0 Å². The van der Waals surface area contributed by atoms with Gasteiger partial charge in [-0.15, -0.1) is 4.90 Å². The molecule has 0 saturated heterocycles. The molecule has 2 nitrogen and oxygen atoms in total. The molecule has 0 aromatic heterocycles. The first-order chi connectivity index (χ1) is 15.1. The molecule has 0 saturated carbocycles. The fraction of sp³-hybridized carbons (Fsp3) is 0.909. The molecule has 0 spiro atoms. The molecule has 0 N–H and O–H groups in total. The Labute approximate surface area is 193 Å². The summed E-state index contributed by atoms with van der Waals surface area (Å²) in [6.45, 7) is 0. The largest absolute Gasteiger partial charge is 0.460 e. The van der Waals surface area contributed by atoms with Crippen LogP contribution in [-0.2, 0) is 4.79 Å². The lowest BCUT2D eigenvalue weighted by Crippen LogP contribution is -2.80. The number of hydrogen-bond acceptors (Lipinski definition) is 2. The van der Waals surface area contributed by atoms with E-state index < -0.39 is 91.4 Å². The van der Waals surface area contributed by atoms with Crippen LogP contribution in [0.2, 0.25) is 0 Å². The lowest BCUT2D eigenvalue weighted by Gasteiger charge is -2.48. The topological polar surface area (TPSA) is 20.3 Å². The minimum atomic E-state index is -9.22. The Kier molecular flexibility index (Phi) is 8.39. The van der Waals surface area contributed by atoms with E-state index in [1.807, 2.05) is 0 Å². The third kappa shape index (κ3) is 4.51. The zero-order valence-corrected chi connectivity index (χ0v) is 17.2. The highest BCUT2D eigenvalue weighted by atomic mass is 127. The number of nitrogens with zero attached hydrogens (tertiary/aromatic N) is 1. The van der Waals surface area contributed by atoms with E-state index >= 15 is 0 Å². The van der Waals surface area contributed by atoms with Crippen LogP contribution in [0.1, 0.15) is 0 Å². The number of carbonyl (C=O) groups is 1. The Morgan fingerprint density at radius 2 is 0.639 bits per heavy atom. The predicted molar refractivity (Wildman–Crippen MR) is 72.6 cm³/mol. The van der Waals surface area contributed by atoms with E-state index in [9.17, 15) is 101 Å². The van der Waals surface area contributed by atoms with Gasteiger partial charge in [-0.1, -0.05) is 0 Å². The van der Waals surface area contributed by atoms with E-state index in [-0.39, 0.29) is 0 Å². The molecule has 0 bridgehead atoms. The second kappa shape index (κ2) is 8.67. The Morgan fingerprint density at radius 3 is 0.806 bits per heavy atom. The molecule has 0 aliphatic carbocycles. The first-order valence-electron chi connectivity index (χ1n) is 7.22. The molecule has 0 radical (unpaired) electrons. The first kappa shape index (κ1) is 34.8. The third-order valence-corrected chi connectivity index (χ3v) is 4.40. The summed E-state index contributed by atoms with van der Waals surface area (Å²) in [7, 11) is 0. The maximum Gasteiger partial charge on any atom is 0.460 e. The first-order valence-corrected chi connectivity index (χ1v) is 8.30. The molecule has 0 aromatic carbocycles. The van der Waals surface area contributed by atoms with E-state index in [2.05, 4.69) is 0 Å². The number of hydrogen-bond donors (Lipinski definition) is 0. The van der Waals surface area contributed by atoms with Crippen LogP contribution >= 0.6 is 22.6 Å². The van der Waals surface area contributed by atoms with Crippen molar-refractivity contribution in [2.45, 2.75) is 60.1 Å². The molecule has 0 heterocycles. The molecule has 0 aromatic rings. The summed E-state index contributed by atoms with van der Waals surface area (Å²) in [5.74, 6) is -42.9. The highest BCUT2D eigenvalue weighted by Crippen LogP contribution is 2.63. The summed E-state index contributed by atoms with van der Waals surface area (Å²) in [6.07, 6.45) is -16.3. The van der Waals surface area contributed by atoms with Crippen molar-refractivity contribution in [1.29, 1.82) is 0 Å². The second-order valence-electron chi connectivity index (χ2n) is 6.10. The molecule has 0 unspecified atom stereocenters. The van der Waals surface area contributed by atoms with Crippen molar-refractivity contribution < 1.29 is 101 Å². The molecular formula is C11F22INO. The van der Waals surface area contributed by atoms with Crippen molar-refractivity contribution in [3.8, 4) is 0 Å². The smallest absolute Gasteiger partial charge is 0.281 e. The zero-order chi connectivity index (χ0) is 30.2. The second-order valence-corrected chi connectivity index (χ2v) is 7.08. The van der Waals surface area contributed by atoms with Crippen molar-refractivity contribution in [2.75, 3.05) is 0 Å². The summed E-state index contributed by atoms with van der Waals surface area (Å²) < 4.78 is 283. The van der Waals surface area contributed by atoms with Gasteiger partial charge < -0.3 is 0 Å². The number of halogens is 23. The van der Waals surface area contributed by atoms with Crippen molar-refractivity contribution in [1.82, 2.24) is 4.90 Å². The van der Waals surface area contributed by atoms with Crippen molar-refractivity contribution in [3.05, 3.63) is 0 Å².